The Bertz CT molecular complexity index is 862. The standard InChI is InChI=1S/C22H31N5O/c1-2-17(26-13-16-4-3-5-20(23)19(16)14-26)12-15-6-8-18(9-7-15)27-11-10-21(24)25-22(27)28/h6-11,16-17,19-20H,2-5,12-14,23H2,1H3,(H2,24,25,28). The van der Waals surface area contributed by atoms with E-state index in [4.69, 9.17) is 11.5 Å². The van der Waals surface area contributed by atoms with E-state index < -0.39 is 0 Å². The van der Waals surface area contributed by atoms with Gasteiger partial charge in [0.05, 0.1) is 5.69 Å². The Balaban J connectivity index is 1.45. The van der Waals surface area contributed by atoms with Gasteiger partial charge in [0.25, 0.3) is 0 Å². The van der Waals surface area contributed by atoms with Crippen molar-refractivity contribution in [3.8, 4) is 5.69 Å². The molecule has 4 N–H and O–H groups in total. The Kier molecular flexibility index (Phi) is 5.51. The maximum atomic E-state index is 12.0. The number of nitrogens with zero attached hydrogens (tertiary/aromatic N) is 3. The molecule has 1 aromatic heterocycles. The summed E-state index contributed by atoms with van der Waals surface area (Å²) in [4.78, 5) is 18.5. The van der Waals surface area contributed by atoms with E-state index in [1.165, 1.54) is 35.9 Å². The van der Waals surface area contributed by atoms with Gasteiger partial charge in [-0.3, -0.25) is 9.47 Å². The molecule has 4 unspecified atom stereocenters. The third kappa shape index (κ3) is 3.84. The fourth-order valence-electron chi connectivity index (χ4n) is 5.06. The maximum absolute atomic E-state index is 12.0. The van der Waals surface area contributed by atoms with E-state index in [0.29, 0.717) is 18.0 Å². The van der Waals surface area contributed by atoms with Crippen molar-refractivity contribution in [2.75, 3.05) is 18.8 Å². The predicted molar refractivity (Wildman–Crippen MR) is 112 cm³/mol. The van der Waals surface area contributed by atoms with Crippen LogP contribution in [-0.4, -0.2) is 39.6 Å². The highest BCUT2D eigenvalue weighted by atomic mass is 16.1. The summed E-state index contributed by atoms with van der Waals surface area (Å²) in [5.74, 6) is 1.70. The Hall–Kier alpha value is -2.18. The van der Waals surface area contributed by atoms with Crippen LogP contribution in [-0.2, 0) is 6.42 Å². The molecule has 1 aromatic carbocycles. The number of nitrogen functional groups attached to an aromatic ring is 1. The molecule has 1 saturated carbocycles. The van der Waals surface area contributed by atoms with Crippen molar-refractivity contribution in [1.29, 1.82) is 0 Å². The predicted octanol–water partition coefficient (Wildman–Crippen LogP) is 2.20. The summed E-state index contributed by atoms with van der Waals surface area (Å²) in [5, 5.41) is 0. The topological polar surface area (TPSA) is 90.2 Å². The first-order valence-electron chi connectivity index (χ1n) is 10.5. The van der Waals surface area contributed by atoms with Crippen LogP contribution in [0.3, 0.4) is 0 Å². The molecule has 0 radical (unpaired) electrons. The fourth-order valence-corrected chi connectivity index (χ4v) is 5.06. The smallest absolute Gasteiger partial charge is 0.354 e. The van der Waals surface area contributed by atoms with Crippen LogP contribution in [0.4, 0.5) is 5.82 Å². The molecule has 6 heteroatoms. The number of rotatable bonds is 5. The van der Waals surface area contributed by atoms with Gasteiger partial charge in [0, 0.05) is 31.4 Å². The summed E-state index contributed by atoms with van der Waals surface area (Å²) < 4.78 is 1.52. The average molecular weight is 382 g/mol. The van der Waals surface area contributed by atoms with Crippen LogP contribution >= 0.6 is 0 Å². The summed E-state index contributed by atoms with van der Waals surface area (Å²) in [6.45, 7) is 4.62. The van der Waals surface area contributed by atoms with Crippen LogP contribution in [0.5, 0.6) is 0 Å². The average Bonchev–Trinajstić information content (AvgIpc) is 3.12. The van der Waals surface area contributed by atoms with Gasteiger partial charge in [-0.25, -0.2) is 4.79 Å². The molecule has 6 nitrogen and oxygen atoms in total. The molecule has 2 heterocycles. The largest absolute Gasteiger partial charge is 0.383 e. The number of nitrogens with two attached hydrogens (primary N) is 2. The molecule has 2 aliphatic rings. The third-order valence-electron chi connectivity index (χ3n) is 6.68. The molecule has 2 fully saturated rings. The number of hydrogen-bond acceptors (Lipinski definition) is 5. The lowest BCUT2D eigenvalue weighted by atomic mass is 9.78. The zero-order valence-corrected chi connectivity index (χ0v) is 16.6. The van der Waals surface area contributed by atoms with E-state index in [1.807, 2.05) is 12.1 Å². The zero-order chi connectivity index (χ0) is 19.7. The number of benzene rings is 1. The fraction of sp³-hybridized carbons (Fsp3) is 0.545. The number of hydrogen-bond donors (Lipinski definition) is 2. The van der Waals surface area contributed by atoms with E-state index in [-0.39, 0.29) is 11.5 Å². The quantitative estimate of drug-likeness (QED) is 0.829. The second-order valence-corrected chi connectivity index (χ2v) is 8.41. The van der Waals surface area contributed by atoms with Gasteiger partial charge in [0.1, 0.15) is 5.82 Å². The molecule has 4 rings (SSSR count). The number of aromatic nitrogens is 2. The van der Waals surface area contributed by atoms with Crippen LogP contribution in [0.15, 0.2) is 41.3 Å². The minimum atomic E-state index is -0.352. The van der Waals surface area contributed by atoms with Gasteiger partial charge in [-0.2, -0.15) is 4.98 Å². The monoisotopic (exact) mass is 381 g/mol. The Morgan fingerprint density at radius 1 is 1.18 bits per heavy atom. The number of likely N-dealkylation sites (tertiary alicyclic amines) is 1. The van der Waals surface area contributed by atoms with Crippen LogP contribution in [0.2, 0.25) is 0 Å². The highest BCUT2D eigenvalue weighted by Crippen LogP contribution is 2.37. The molecule has 4 atom stereocenters. The van der Waals surface area contributed by atoms with Crippen molar-refractivity contribution < 1.29 is 0 Å². The molecule has 0 bridgehead atoms. The van der Waals surface area contributed by atoms with E-state index in [0.717, 1.165) is 31.0 Å². The van der Waals surface area contributed by atoms with Gasteiger partial charge >= 0.3 is 5.69 Å². The highest BCUT2D eigenvalue weighted by molar-refractivity contribution is 5.36. The molecule has 0 amide bonds. The van der Waals surface area contributed by atoms with Crippen molar-refractivity contribution in [3.05, 3.63) is 52.6 Å². The van der Waals surface area contributed by atoms with Crippen LogP contribution < -0.4 is 17.2 Å². The lowest BCUT2D eigenvalue weighted by molar-refractivity contribution is 0.221. The lowest BCUT2D eigenvalue weighted by Gasteiger charge is -2.30. The summed E-state index contributed by atoms with van der Waals surface area (Å²) in [6.07, 6.45) is 7.65. The molecule has 1 saturated heterocycles. The first-order chi connectivity index (χ1) is 13.5. The van der Waals surface area contributed by atoms with E-state index >= 15 is 0 Å². The molecular formula is C22H31N5O. The number of fused-ring (bicyclic) bond motifs is 1. The normalized spacial score (nSPS) is 26.1. The van der Waals surface area contributed by atoms with Crippen LogP contribution in [0.25, 0.3) is 5.69 Å². The summed E-state index contributed by atoms with van der Waals surface area (Å²) in [5.41, 5.74) is 13.7. The zero-order valence-electron chi connectivity index (χ0n) is 16.6. The molecule has 0 spiro atoms. The maximum Gasteiger partial charge on any atom is 0.354 e. The van der Waals surface area contributed by atoms with Gasteiger partial charge in [-0.15, -0.1) is 0 Å². The molecule has 1 aliphatic carbocycles. The first kappa shape index (κ1) is 19.2. The molecule has 150 valence electrons. The second kappa shape index (κ2) is 8.05. The summed E-state index contributed by atoms with van der Waals surface area (Å²) >= 11 is 0. The van der Waals surface area contributed by atoms with Crippen LogP contribution in [0.1, 0.15) is 38.2 Å². The van der Waals surface area contributed by atoms with E-state index in [1.54, 1.807) is 12.3 Å². The second-order valence-electron chi connectivity index (χ2n) is 8.41. The summed E-state index contributed by atoms with van der Waals surface area (Å²) in [7, 11) is 0. The highest BCUT2D eigenvalue weighted by Gasteiger charge is 2.40. The Labute approximate surface area is 166 Å². The van der Waals surface area contributed by atoms with E-state index in [2.05, 4.69) is 28.9 Å². The molecule has 1 aliphatic heterocycles. The van der Waals surface area contributed by atoms with Gasteiger partial charge < -0.3 is 11.5 Å². The van der Waals surface area contributed by atoms with Gasteiger partial charge in [-0.1, -0.05) is 25.5 Å². The minimum absolute atomic E-state index is 0.245. The van der Waals surface area contributed by atoms with Crippen LogP contribution in [0, 0.1) is 11.8 Å². The summed E-state index contributed by atoms with van der Waals surface area (Å²) in [6, 6.07) is 10.8. The number of anilines is 1. The Morgan fingerprint density at radius 2 is 1.96 bits per heavy atom. The van der Waals surface area contributed by atoms with Gasteiger partial charge in [-0.05, 0) is 61.3 Å². The Morgan fingerprint density at radius 3 is 2.64 bits per heavy atom. The molecule has 28 heavy (non-hydrogen) atoms. The van der Waals surface area contributed by atoms with Gasteiger partial charge in [0.15, 0.2) is 0 Å². The van der Waals surface area contributed by atoms with Crippen molar-refractivity contribution in [3.63, 3.8) is 0 Å². The minimum Gasteiger partial charge on any atom is -0.383 e. The SMILES string of the molecule is CCC(Cc1ccc(-n2ccc(N)nc2=O)cc1)N1CC2CCCC(N)C2C1. The van der Waals surface area contributed by atoms with Crippen molar-refractivity contribution in [2.45, 2.75) is 51.1 Å². The van der Waals surface area contributed by atoms with Crippen molar-refractivity contribution in [2.24, 2.45) is 17.6 Å². The van der Waals surface area contributed by atoms with Gasteiger partial charge in [0.2, 0.25) is 0 Å². The van der Waals surface area contributed by atoms with Crippen molar-refractivity contribution >= 4 is 5.82 Å². The lowest BCUT2D eigenvalue weighted by Crippen LogP contribution is -2.39. The van der Waals surface area contributed by atoms with E-state index in [9.17, 15) is 4.79 Å². The molecular weight excluding hydrogens is 350 g/mol. The molecule has 2 aromatic rings. The third-order valence-corrected chi connectivity index (χ3v) is 6.68. The first-order valence-corrected chi connectivity index (χ1v) is 10.5. The van der Waals surface area contributed by atoms with Crippen molar-refractivity contribution in [1.82, 2.24) is 14.5 Å².